The van der Waals surface area contributed by atoms with Crippen molar-refractivity contribution in [2.75, 3.05) is 32.9 Å². The molecule has 0 saturated carbocycles. The number of urea groups is 1. The normalized spacial score (nSPS) is 16.9. The zero-order valence-electron chi connectivity index (χ0n) is 24.2. The summed E-state index contributed by atoms with van der Waals surface area (Å²) in [6.07, 6.45) is 5.22. The van der Waals surface area contributed by atoms with Gasteiger partial charge in [-0.3, -0.25) is 14.5 Å². The molecule has 1 saturated heterocycles. The molecule has 1 atom stereocenters. The highest BCUT2D eigenvalue weighted by molar-refractivity contribution is 6.99. The first kappa shape index (κ1) is 29.5. The Labute approximate surface area is 247 Å². The summed E-state index contributed by atoms with van der Waals surface area (Å²) in [5.41, 5.74) is 3.46. The van der Waals surface area contributed by atoms with Crippen molar-refractivity contribution in [2.45, 2.75) is 31.9 Å². The molecule has 2 bridgehead atoms. The second-order valence-corrected chi connectivity index (χ2v) is 15.5. The van der Waals surface area contributed by atoms with E-state index in [2.05, 4.69) is 62.2 Å². The molecule has 220 valence electrons. The minimum atomic E-state index is -2.69. The number of nitrogens with one attached hydrogen (secondary N) is 1. The van der Waals surface area contributed by atoms with Gasteiger partial charge in [-0.2, -0.15) is 10.2 Å². The van der Waals surface area contributed by atoms with Crippen molar-refractivity contribution in [2.24, 2.45) is 0 Å². The zero-order chi connectivity index (χ0) is 29.7. The number of aromatic nitrogens is 2. The smallest absolute Gasteiger partial charge is 0.345 e. The van der Waals surface area contributed by atoms with Crippen molar-refractivity contribution in [3.8, 4) is 0 Å². The molecule has 0 aliphatic carbocycles. The van der Waals surface area contributed by atoms with Crippen molar-refractivity contribution < 1.29 is 23.7 Å². The SMILES string of the molecule is C=CCON1C(=O)N2CC(n3ccc(C(=O)NOCCO[Si](c4ccccc4)(c4ccccc4)C(C)(C)C)n3)=CC1C2. The van der Waals surface area contributed by atoms with Gasteiger partial charge < -0.3 is 9.33 Å². The number of hydrogen-bond acceptors (Lipinski definition) is 6. The van der Waals surface area contributed by atoms with Crippen LogP contribution in [-0.2, 0) is 14.1 Å². The highest BCUT2D eigenvalue weighted by Crippen LogP contribution is 2.36. The summed E-state index contributed by atoms with van der Waals surface area (Å²) in [5.74, 6) is -0.467. The predicted molar refractivity (Wildman–Crippen MR) is 162 cm³/mol. The number of fused-ring (bicyclic) bond motifs is 2. The highest BCUT2D eigenvalue weighted by atomic mass is 28.4. The largest absolute Gasteiger partial charge is 0.405 e. The third kappa shape index (κ3) is 5.81. The average Bonchev–Trinajstić information content (AvgIpc) is 3.57. The number of benzene rings is 2. The van der Waals surface area contributed by atoms with E-state index in [4.69, 9.17) is 14.1 Å². The van der Waals surface area contributed by atoms with Crippen LogP contribution in [0.25, 0.3) is 5.70 Å². The molecule has 0 spiro atoms. The molecule has 3 heterocycles. The van der Waals surface area contributed by atoms with Crippen LogP contribution in [0.1, 0.15) is 31.3 Å². The molecule has 1 fully saturated rings. The lowest BCUT2D eigenvalue weighted by Gasteiger charge is -2.43. The Morgan fingerprint density at radius 3 is 2.36 bits per heavy atom. The standard InChI is InChI=1S/C31H37N5O5Si/c1-5-18-40-36-25-21-24(22-34(23-25)30(36)38)35-17-16-28(32-35)29(37)33-39-19-20-41-42(31(2,3)4,26-12-8-6-9-13-26)27-14-10-7-11-15-27/h5-17,21,25H,1,18-20,22-23H2,2-4H3,(H,33,37). The third-order valence-corrected chi connectivity index (χ3v) is 12.5. The molecule has 3 amide bonds. The highest BCUT2D eigenvalue weighted by Gasteiger charge is 2.50. The van der Waals surface area contributed by atoms with E-state index in [1.807, 2.05) is 42.5 Å². The summed E-state index contributed by atoms with van der Waals surface area (Å²) in [7, 11) is -2.69. The maximum atomic E-state index is 12.8. The second kappa shape index (κ2) is 12.5. The second-order valence-electron chi connectivity index (χ2n) is 11.2. The van der Waals surface area contributed by atoms with Gasteiger partial charge in [-0.05, 0) is 27.6 Å². The van der Waals surface area contributed by atoms with Crippen LogP contribution >= 0.6 is 0 Å². The molecule has 10 nitrogen and oxygen atoms in total. The van der Waals surface area contributed by atoms with Gasteiger partial charge in [0.2, 0.25) is 0 Å². The molecule has 2 aliphatic heterocycles. The fourth-order valence-corrected chi connectivity index (χ4v) is 10.1. The predicted octanol–water partition coefficient (Wildman–Crippen LogP) is 3.20. The van der Waals surface area contributed by atoms with Gasteiger partial charge in [-0.15, -0.1) is 6.58 Å². The van der Waals surface area contributed by atoms with Crippen LogP contribution < -0.4 is 15.9 Å². The Bertz CT molecular complexity index is 1400. The van der Waals surface area contributed by atoms with E-state index in [1.165, 1.54) is 15.4 Å². The molecule has 42 heavy (non-hydrogen) atoms. The summed E-state index contributed by atoms with van der Waals surface area (Å²) in [6.45, 7) is 11.9. The number of nitrogens with zero attached hydrogens (tertiary/aromatic N) is 4. The molecular weight excluding hydrogens is 550 g/mol. The Kier molecular flexibility index (Phi) is 8.74. The summed E-state index contributed by atoms with van der Waals surface area (Å²) in [5, 5.41) is 7.96. The quantitative estimate of drug-likeness (QED) is 0.151. The lowest BCUT2D eigenvalue weighted by molar-refractivity contribution is -0.107. The summed E-state index contributed by atoms with van der Waals surface area (Å²) < 4.78 is 8.39. The first-order valence-electron chi connectivity index (χ1n) is 14.0. The molecular formula is C31H37N5O5Si. The van der Waals surface area contributed by atoms with E-state index in [0.717, 1.165) is 5.70 Å². The molecule has 0 radical (unpaired) electrons. The van der Waals surface area contributed by atoms with E-state index in [0.29, 0.717) is 19.7 Å². The number of amides is 3. The Morgan fingerprint density at radius 2 is 1.74 bits per heavy atom. The number of hydrogen-bond donors (Lipinski definition) is 1. The first-order valence-corrected chi connectivity index (χ1v) is 15.9. The van der Waals surface area contributed by atoms with Crippen molar-refractivity contribution in [3.63, 3.8) is 0 Å². The number of hydroxylamine groups is 3. The molecule has 3 aromatic rings. The number of carbonyl (C=O) groups excluding carboxylic acids is 2. The van der Waals surface area contributed by atoms with E-state index in [9.17, 15) is 9.59 Å². The van der Waals surface area contributed by atoms with Crippen molar-refractivity contribution in [1.29, 1.82) is 0 Å². The minimum absolute atomic E-state index is 0.158. The molecule has 1 N–H and O–H groups in total. The number of rotatable bonds is 12. The molecule has 5 rings (SSSR count). The van der Waals surface area contributed by atoms with Gasteiger partial charge in [-0.25, -0.2) is 15.0 Å². The minimum Gasteiger partial charge on any atom is -0.405 e. The monoisotopic (exact) mass is 587 g/mol. The van der Waals surface area contributed by atoms with Crippen LogP contribution in [0.5, 0.6) is 0 Å². The topological polar surface area (TPSA) is 98.2 Å². The van der Waals surface area contributed by atoms with Gasteiger partial charge in [-0.1, -0.05) is 87.5 Å². The lowest BCUT2D eigenvalue weighted by atomic mass is 10.2. The zero-order valence-corrected chi connectivity index (χ0v) is 25.2. The Hall–Kier alpha value is -4.03. The summed E-state index contributed by atoms with van der Waals surface area (Å²) in [6, 6.07) is 21.9. The first-order chi connectivity index (χ1) is 20.2. The van der Waals surface area contributed by atoms with E-state index < -0.39 is 14.2 Å². The third-order valence-electron chi connectivity index (χ3n) is 7.44. The number of carbonyl (C=O) groups is 2. The van der Waals surface area contributed by atoms with Gasteiger partial charge in [0.05, 0.1) is 38.1 Å². The maximum Gasteiger partial charge on any atom is 0.345 e. The Morgan fingerprint density at radius 1 is 1.07 bits per heavy atom. The fraction of sp³-hybridized carbons (Fsp3) is 0.323. The summed E-state index contributed by atoms with van der Waals surface area (Å²) in [4.78, 5) is 38.1. The van der Waals surface area contributed by atoms with Gasteiger partial charge in [0.25, 0.3) is 14.2 Å². The average molecular weight is 588 g/mol. The van der Waals surface area contributed by atoms with Crippen LogP contribution in [0.2, 0.25) is 5.04 Å². The van der Waals surface area contributed by atoms with Gasteiger partial charge in [0.15, 0.2) is 5.69 Å². The maximum absolute atomic E-state index is 12.8. The van der Waals surface area contributed by atoms with Crippen LogP contribution in [0.4, 0.5) is 4.79 Å². The van der Waals surface area contributed by atoms with E-state index in [-0.39, 0.29) is 36.0 Å². The molecule has 11 heteroatoms. The fourth-order valence-electron chi connectivity index (χ4n) is 5.59. The molecule has 2 aromatic carbocycles. The molecule has 1 aromatic heterocycles. The van der Waals surface area contributed by atoms with Crippen LogP contribution in [-0.4, -0.2) is 79.0 Å². The summed E-state index contributed by atoms with van der Waals surface area (Å²) >= 11 is 0. The van der Waals surface area contributed by atoms with Crippen molar-refractivity contribution in [3.05, 3.63) is 97.4 Å². The van der Waals surface area contributed by atoms with E-state index >= 15 is 0 Å². The Balaban J connectivity index is 1.20. The van der Waals surface area contributed by atoms with Crippen molar-refractivity contribution in [1.82, 2.24) is 25.2 Å². The van der Waals surface area contributed by atoms with Gasteiger partial charge >= 0.3 is 6.03 Å². The van der Waals surface area contributed by atoms with Gasteiger partial charge in [0, 0.05) is 12.7 Å². The van der Waals surface area contributed by atoms with Crippen LogP contribution in [0.15, 0.2) is 91.7 Å². The molecule has 1 unspecified atom stereocenters. The molecule has 2 aliphatic rings. The van der Waals surface area contributed by atoms with E-state index in [1.54, 1.807) is 27.9 Å². The van der Waals surface area contributed by atoms with Crippen LogP contribution in [0.3, 0.4) is 0 Å². The van der Waals surface area contributed by atoms with Gasteiger partial charge in [0.1, 0.15) is 0 Å². The lowest BCUT2D eigenvalue weighted by Crippen LogP contribution is -2.66. The van der Waals surface area contributed by atoms with Crippen molar-refractivity contribution >= 4 is 36.3 Å². The van der Waals surface area contributed by atoms with Crippen LogP contribution in [0, 0.1) is 0 Å².